The number of rotatable bonds is 4. The average molecular weight is 343 g/mol. The summed E-state index contributed by atoms with van der Waals surface area (Å²) in [4.78, 5) is 2.87. The topological polar surface area (TPSA) is 37.4 Å². The fraction of sp³-hybridized carbons (Fsp3) is 0.400. The van der Waals surface area contributed by atoms with Crippen molar-refractivity contribution in [3.05, 3.63) is 66.2 Å². The third kappa shape index (κ3) is 3.55. The van der Waals surface area contributed by atoms with Gasteiger partial charge in [-0.2, -0.15) is 0 Å². The standard InChI is InChI=1S/C20H25NO2S/c1-16-13-20(24(22,23)19-11-7-4-8-12-19)14-17(2)21(16)15-18-9-5-3-6-10-18/h3-12,16-17,20H,13-15H2,1-2H3/t16-,17-/m1/s1. The Labute approximate surface area is 145 Å². The second kappa shape index (κ2) is 7.08. The van der Waals surface area contributed by atoms with E-state index in [1.54, 1.807) is 24.3 Å². The second-order valence-electron chi connectivity index (χ2n) is 6.81. The van der Waals surface area contributed by atoms with Gasteiger partial charge in [0.25, 0.3) is 0 Å². The van der Waals surface area contributed by atoms with E-state index in [-0.39, 0.29) is 17.3 Å². The van der Waals surface area contributed by atoms with Gasteiger partial charge in [0.15, 0.2) is 9.84 Å². The highest BCUT2D eigenvalue weighted by atomic mass is 32.2. The number of sulfone groups is 1. The molecule has 0 saturated carbocycles. The monoisotopic (exact) mass is 343 g/mol. The lowest BCUT2D eigenvalue weighted by atomic mass is 9.96. The maximum Gasteiger partial charge on any atom is 0.181 e. The van der Waals surface area contributed by atoms with Crippen LogP contribution < -0.4 is 0 Å². The molecule has 1 heterocycles. The van der Waals surface area contributed by atoms with Crippen LogP contribution in [-0.4, -0.2) is 30.7 Å². The first-order valence-electron chi connectivity index (χ1n) is 8.57. The molecule has 2 atom stereocenters. The predicted molar refractivity (Wildman–Crippen MR) is 97.6 cm³/mol. The van der Waals surface area contributed by atoms with Crippen LogP contribution in [-0.2, 0) is 16.4 Å². The van der Waals surface area contributed by atoms with Gasteiger partial charge in [-0.3, -0.25) is 4.90 Å². The van der Waals surface area contributed by atoms with Crippen molar-refractivity contribution in [2.45, 2.75) is 55.5 Å². The van der Waals surface area contributed by atoms with Gasteiger partial charge in [-0.15, -0.1) is 0 Å². The minimum absolute atomic E-state index is 0.248. The molecule has 0 spiro atoms. The van der Waals surface area contributed by atoms with E-state index in [0.717, 1.165) is 6.54 Å². The summed E-state index contributed by atoms with van der Waals surface area (Å²) in [5.74, 6) is 0. The molecule has 2 aromatic rings. The Hall–Kier alpha value is -1.65. The summed E-state index contributed by atoms with van der Waals surface area (Å²) in [6.45, 7) is 5.17. The summed E-state index contributed by atoms with van der Waals surface area (Å²) in [6, 6.07) is 19.8. The van der Waals surface area contributed by atoms with Crippen LogP contribution in [0.25, 0.3) is 0 Å². The SMILES string of the molecule is C[C@@H]1CC(S(=O)(=O)c2ccccc2)C[C@@H](C)N1Cc1ccccc1. The second-order valence-corrected chi connectivity index (χ2v) is 9.04. The van der Waals surface area contributed by atoms with Gasteiger partial charge < -0.3 is 0 Å². The first-order valence-corrected chi connectivity index (χ1v) is 10.1. The van der Waals surface area contributed by atoms with E-state index in [1.165, 1.54) is 5.56 Å². The zero-order valence-electron chi connectivity index (χ0n) is 14.3. The molecule has 1 fully saturated rings. The molecule has 128 valence electrons. The molecule has 0 N–H and O–H groups in total. The Balaban J connectivity index is 1.76. The van der Waals surface area contributed by atoms with Gasteiger partial charge in [-0.25, -0.2) is 8.42 Å². The van der Waals surface area contributed by atoms with Crippen LogP contribution in [0.5, 0.6) is 0 Å². The summed E-state index contributed by atoms with van der Waals surface area (Å²) in [5.41, 5.74) is 1.28. The van der Waals surface area contributed by atoms with Crippen molar-refractivity contribution in [2.24, 2.45) is 0 Å². The number of hydrogen-bond acceptors (Lipinski definition) is 3. The minimum atomic E-state index is -3.25. The molecule has 3 rings (SSSR count). The van der Waals surface area contributed by atoms with E-state index < -0.39 is 9.84 Å². The number of hydrogen-bond donors (Lipinski definition) is 0. The highest BCUT2D eigenvalue weighted by molar-refractivity contribution is 7.92. The molecule has 4 heteroatoms. The molecule has 2 aromatic carbocycles. The molecule has 0 unspecified atom stereocenters. The lowest BCUT2D eigenvalue weighted by Crippen LogP contribution is -2.49. The van der Waals surface area contributed by atoms with Crippen LogP contribution in [0.4, 0.5) is 0 Å². The van der Waals surface area contributed by atoms with Gasteiger partial charge in [0.2, 0.25) is 0 Å². The van der Waals surface area contributed by atoms with Crippen molar-refractivity contribution in [3.8, 4) is 0 Å². The van der Waals surface area contributed by atoms with Crippen LogP contribution in [0.3, 0.4) is 0 Å². The van der Waals surface area contributed by atoms with Crippen LogP contribution in [0.1, 0.15) is 32.3 Å². The van der Waals surface area contributed by atoms with Gasteiger partial charge >= 0.3 is 0 Å². The molecular formula is C20H25NO2S. The zero-order valence-corrected chi connectivity index (χ0v) is 15.1. The lowest BCUT2D eigenvalue weighted by molar-refractivity contribution is 0.0969. The van der Waals surface area contributed by atoms with Crippen LogP contribution in [0, 0.1) is 0 Å². The molecule has 0 bridgehead atoms. The third-order valence-electron chi connectivity index (χ3n) is 5.06. The van der Waals surface area contributed by atoms with Crippen molar-refractivity contribution in [1.82, 2.24) is 4.90 Å². The van der Waals surface area contributed by atoms with E-state index in [1.807, 2.05) is 12.1 Å². The fourth-order valence-corrected chi connectivity index (χ4v) is 5.71. The van der Waals surface area contributed by atoms with E-state index >= 15 is 0 Å². The summed E-state index contributed by atoms with van der Waals surface area (Å²) in [7, 11) is -3.25. The van der Waals surface area contributed by atoms with Gasteiger partial charge in [0, 0.05) is 18.6 Å². The van der Waals surface area contributed by atoms with E-state index in [9.17, 15) is 8.42 Å². The maximum absolute atomic E-state index is 12.9. The van der Waals surface area contributed by atoms with Gasteiger partial charge in [-0.1, -0.05) is 48.5 Å². The average Bonchev–Trinajstić information content (AvgIpc) is 2.59. The van der Waals surface area contributed by atoms with Crippen molar-refractivity contribution < 1.29 is 8.42 Å². The molecule has 0 amide bonds. The summed E-state index contributed by atoms with van der Waals surface area (Å²) in [5, 5.41) is -0.295. The Morgan fingerprint density at radius 2 is 1.38 bits per heavy atom. The Kier molecular flexibility index (Phi) is 5.07. The number of piperidine rings is 1. The van der Waals surface area contributed by atoms with E-state index in [2.05, 4.69) is 43.0 Å². The van der Waals surface area contributed by atoms with Gasteiger partial charge in [0.05, 0.1) is 10.1 Å². The minimum Gasteiger partial charge on any atom is -0.294 e. The lowest BCUT2D eigenvalue weighted by Gasteiger charge is -2.42. The summed E-state index contributed by atoms with van der Waals surface area (Å²) < 4.78 is 25.8. The molecule has 1 aliphatic rings. The summed E-state index contributed by atoms with van der Waals surface area (Å²) >= 11 is 0. The number of benzene rings is 2. The maximum atomic E-state index is 12.9. The fourth-order valence-electron chi connectivity index (χ4n) is 3.72. The molecule has 1 saturated heterocycles. The molecule has 0 aromatic heterocycles. The first-order chi connectivity index (χ1) is 11.5. The van der Waals surface area contributed by atoms with Crippen molar-refractivity contribution in [3.63, 3.8) is 0 Å². The van der Waals surface area contributed by atoms with E-state index in [0.29, 0.717) is 17.7 Å². The molecule has 1 aliphatic heterocycles. The Bertz CT molecular complexity index is 747. The van der Waals surface area contributed by atoms with Crippen LogP contribution in [0.2, 0.25) is 0 Å². The number of nitrogens with zero attached hydrogens (tertiary/aromatic N) is 1. The summed E-state index contributed by atoms with van der Waals surface area (Å²) in [6.07, 6.45) is 1.38. The smallest absolute Gasteiger partial charge is 0.181 e. The third-order valence-corrected chi connectivity index (χ3v) is 7.25. The highest BCUT2D eigenvalue weighted by Gasteiger charge is 2.38. The molecule has 24 heavy (non-hydrogen) atoms. The molecular weight excluding hydrogens is 318 g/mol. The highest BCUT2D eigenvalue weighted by Crippen LogP contribution is 2.32. The first kappa shape index (κ1) is 17.2. The van der Waals surface area contributed by atoms with Crippen LogP contribution in [0.15, 0.2) is 65.6 Å². The number of likely N-dealkylation sites (tertiary alicyclic amines) is 1. The predicted octanol–water partition coefficient (Wildman–Crippen LogP) is 3.90. The van der Waals surface area contributed by atoms with Crippen LogP contribution >= 0.6 is 0 Å². The van der Waals surface area contributed by atoms with Crippen molar-refractivity contribution in [2.75, 3.05) is 0 Å². The van der Waals surface area contributed by atoms with Crippen molar-refractivity contribution in [1.29, 1.82) is 0 Å². The largest absolute Gasteiger partial charge is 0.294 e. The van der Waals surface area contributed by atoms with Gasteiger partial charge in [-0.05, 0) is 44.4 Å². The quantitative estimate of drug-likeness (QED) is 0.845. The normalized spacial score (nSPS) is 25.5. The molecule has 0 radical (unpaired) electrons. The molecule has 0 aliphatic carbocycles. The zero-order chi connectivity index (χ0) is 17.2. The van der Waals surface area contributed by atoms with E-state index in [4.69, 9.17) is 0 Å². The Morgan fingerprint density at radius 1 is 0.875 bits per heavy atom. The van der Waals surface area contributed by atoms with Gasteiger partial charge in [0.1, 0.15) is 0 Å². The Morgan fingerprint density at radius 3 is 1.92 bits per heavy atom. The van der Waals surface area contributed by atoms with Crippen molar-refractivity contribution >= 4 is 9.84 Å². The molecule has 3 nitrogen and oxygen atoms in total.